The molecule has 3 aromatic carbocycles. The Kier molecular flexibility index (Phi) is 7.29. The molecule has 1 aromatic heterocycles. The van der Waals surface area contributed by atoms with Crippen molar-refractivity contribution in [2.24, 2.45) is 0 Å². The number of anilines is 1. The second-order valence-electron chi connectivity index (χ2n) is 9.36. The maximum absolute atomic E-state index is 14.2. The second-order valence-corrected chi connectivity index (χ2v) is 9.77. The van der Waals surface area contributed by atoms with Gasteiger partial charge in [-0.1, -0.05) is 11.6 Å². The number of benzene rings is 3. The highest BCUT2D eigenvalue weighted by Gasteiger charge is 2.39. The molecule has 42 heavy (non-hydrogen) atoms. The number of rotatable bonds is 6. The van der Waals surface area contributed by atoms with Gasteiger partial charge in [0.2, 0.25) is 0 Å². The quantitative estimate of drug-likeness (QED) is 0.257. The normalized spacial score (nSPS) is 14.9. The van der Waals surface area contributed by atoms with Crippen molar-refractivity contribution >= 4 is 40.1 Å². The van der Waals surface area contributed by atoms with Gasteiger partial charge in [-0.15, -0.1) is 0 Å². The van der Waals surface area contributed by atoms with E-state index in [0.29, 0.717) is 16.7 Å². The van der Waals surface area contributed by atoms with Gasteiger partial charge >= 0.3 is 11.9 Å². The summed E-state index contributed by atoms with van der Waals surface area (Å²) in [5.74, 6) is -4.17. The van der Waals surface area contributed by atoms with E-state index in [1.54, 1.807) is 0 Å². The molecular formula is C27H18ClF7N4O3. The van der Waals surface area contributed by atoms with E-state index in [1.807, 2.05) is 0 Å². The highest BCUT2D eigenvalue weighted by Crippen LogP contribution is 2.43. The van der Waals surface area contributed by atoms with E-state index in [0.717, 1.165) is 22.8 Å². The number of alkyl halides is 5. The summed E-state index contributed by atoms with van der Waals surface area (Å²) in [5.41, 5.74) is -3.88. The van der Waals surface area contributed by atoms with Gasteiger partial charge in [0.15, 0.2) is 0 Å². The zero-order valence-corrected chi connectivity index (χ0v) is 22.0. The Morgan fingerprint density at radius 3 is 2.40 bits per heavy atom. The Hall–Kier alpha value is -4.33. The lowest BCUT2D eigenvalue weighted by molar-refractivity contribution is -0.137. The van der Waals surface area contributed by atoms with Gasteiger partial charge in [-0.3, -0.25) is 18.7 Å². The van der Waals surface area contributed by atoms with Crippen molar-refractivity contribution in [2.75, 3.05) is 5.32 Å². The first-order valence-corrected chi connectivity index (χ1v) is 12.6. The maximum Gasteiger partial charge on any atom is 0.416 e. The minimum atomic E-state index is -4.98. The zero-order chi connectivity index (χ0) is 30.7. The molecule has 7 nitrogen and oxygen atoms in total. The standard InChI is InChI=1S/C27H18ClF7N4O3/c1-2-38-23-18(39(26(38)42)10-19(31)32)9-17(36-24(40)11-5-12(27(33,34)35)7-14(30)6-11)20-21(23)25(41)37-22(20)15-8-13(29)3-4-16(15)28/h3-9,19,22H,2,10H2,1H3,(H,36,40)(H,37,41)/t22-/m1/s1. The molecule has 5 rings (SSSR count). The molecule has 0 unspecified atom stereocenters. The van der Waals surface area contributed by atoms with Gasteiger partial charge < -0.3 is 10.6 Å². The molecule has 1 atom stereocenters. The summed E-state index contributed by atoms with van der Waals surface area (Å²) < 4.78 is 96.9. The Morgan fingerprint density at radius 1 is 1.05 bits per heavy atom. The highest BCUT2D eigenvalue weighted by atomic mass is 35.5. The van der Waals surface area contributed by atoms with Crippen LogP contribution in [0.4, 0.5) is 36.4 Å². The smallest absolute Gasteiger partial charge is 0.341 e. The first-order chi connectivity index (χ1) is 19.7. The lowest BCUT2D eigenvalue weighted by atomic mass is 9.95. The van der Waals surface area contributed by atoms with Gasteiger partial charge in [0.05, 0.1) is 34.7 Å². The Balaban J connectivity index is 1.79. The van der Waals surface area contributed by atoms with E-state index >= 15 is 0 Å². The third-order valence-electron chi connectivity index (χ3n) is 6.78. The van der Waals surface area contributed by atoms with E-state index in [-0.39, 0.29) is 51.0 Å². The summed E-state index contributed by atoms with van der Waals surface area (Å²) in [7, 11) is 0. The Bertz CT molecular complexity index is 1830. The Labute approximate surface area is 236 Å². The van der Waals surface area contributed by atoms with E-state index in [4.69, 9.17) is 11.6 Å². The molecule has 220 valence electrons. The van der Waals surface area contributed by atoms with Crippen molar-refractivity contribution in [1.82, 2.24) is 14.5 Å². The van der Waals surface area contributed by atoms with Crippen molar-refractivity contribution in [1.29, 1.82) is 0 Å². The van der Waals surface area contributed by atoms with Crippen LogP contribution in [0.3, 0.4) is 0 Å². The van der Waals surface area contributed by atoms with Crippen LogP contribution < -0.4 is 16.3 Å². The largest absolute Gasteiger partial charge is 0.416 e. The summed E-state index contributed by atoms with van der Waals surface area (Å²) in [5, 5.41) is 4.90. The molecule has 0 bridgehead atoms. The number of hydrogen-bond donors (Lipinski definition) is 2. The average Bonchev–Trinajstić information content (AvgIpc) is 3.38. The van der Waals surface area contributed by atoms with Crippen molar-refractivity contribution in [3.63, 3.8) is 0 Å². The minimum Gasteiger partial charge on any atom is -0.341 e. The van der Waals surface area contributed by atoms with Gasteiger partial charge in [0.25, 0.3) is 18.2 Å². The first-order valence-electron chi connectivity index (χ1n) is 12.2. The van der Waals surface area contributed by atoms with Crippen molar-refractivity contribution in [2.45, 2.75) is 38.7 Å². The number of amides is 2. The van der Waals surface area contributed by atoms with E-state index in [1.165, 1.54) is 13.0 Å². The minimum absolute atomic E-state index is 0.00461. The van der Waals surface area contributed by atoms with Crippen LogP contribution in [0.1, 0.15) is 50.4 Å². The topological polar surface area (TPSA) is 85.1 Å². The number of aromatic nitrogens is 2. The number of aryl methyl sites for hydroxylation is 1. The molecule has 1 aliphatic heterocycles. The fourth-order valence-electron chi connectivity index (χ4n) is 5.06. The van der Waals surface area contributed by atoms with Crippen LogP contribution in [0.25, 0.3) is 11.0 Å². The van der Waals surface area contributed by atoms with Gasteiger partial charge in [-0.2, -0.15) is 13.2 Å². The number of fused-ring (bicyclic) bond motifs is 3. The Morgan fingerprint density at radius 2 is 1.76 bits per heavy atom. The summed E-state index contributed by atoms with van der Waals surface area (Å²) in [6.45, 7) is 0.408. The lowest BCUT2D eigenvalue weighted by Gasteiger charge is -2.19. The molecule has 0 spiro atoms. The van der Waals surface area contributed by atoms with Gasteiger partial charge in [0, 0.05) is 33.9 Å². The molecule has 4 aromatic rings. The molecule has 0 radical (unpaired) electrons. The third kappa shape index (κ3) is 4.99. The molecule has 2 N–H and O–H groups in total. The summed E-state index contributed by atoms with van der Waals surface area (Å²) >= 11 is 6.29. The molecule has 2 amide bonds. The van der Waals surface area contributed by atoms with Crippen molar-refractivity contribution in [3.8, 4) is 0 Å². The van der Waals surface area contributed by atoms with E-state index < -0.39 is 65.5 Å². The third-order valence-corrected chi connectivity index (χ3v) is 7.12. The molecule has 15 heteroatoms. The monoisotopic (exact) mass is 614 g/mol. The maximum atomic E-state index is 14.2. The molecular weight excluding hydrogens is 597 g/mol. The first kappa shape index (κ1) is 29.2. The summed E-state index contributed by atoms with van der Waals surface area (Å²) in [6.07, 6.45) is -7.98. The van der Waals surface area contributed by atoms with Gasteiger partial charge in [-0.25, -0.2) is 22.4 Å². The molecule has 1 aliphatic rings. The average molecular weight is 615 g/mol. The summed E-state index contributed by atoms with van der Waals surface area (Å²) in [6, 6.07) is 4.28. The van der Waals surface area contributed by atoms with Gasteiger partial charge in [0.1, 0.15) is 11.6 Å². The van der Waals surface area contributed by atoms with Crippen molar-refractivity contribution in [3.05, 3.63) is 97.4 Å². The number of nitrogens with one attached hydrogen (secondary N) is 2. The number of carbonyl (C=O) groups excluding carboxylic acids is 2. The zero-order valence-electron chi connectivity index (χ0n) is 21.3. The SMILES string of the molecule is CCn1c(=O)n(CC(F)F)c2cc(NC(=O)c3cc(F)cc(C(F)(F)F)c3)c3c(c21)C(=O)N[C@@H]3c1cc(F)ccc1Cl. The number of nitrogens with zero attached hydrogens (tertiary/aromatic N) is 2. The summed E-state index contributed by atoms with van der Waals surface area (Å²) in [4.78, 5) is 39.6. The van der Waals surface area contributed by atoms with Crippen LogP contribution in [0.5, 0.6) is 0 Å². The van der Waals surface area contributed by atoms with Crippen LogP contribution in [0, 0.1) is 11.6 Å². The lowest BCUT2D eigenvalue weighted by Crippen LogP contribution is -2.26. The number of hydrogen-bond acceptors (Lipinski definition) is 3. The van der Waals surface area contributed by atoms with E-state index in [9.17, 15) is 45.1 Å². The fourth-order valence-corrected chi connectivity index (χ4v) is 5.29. The number of imidazole rings is 1. The highest BCUT2D eigenvalue weighted by molar-refractivity contribution is 6.31. The van der Waals surface area contributed by atoms with Gasteiger partial charge in [-0.05, 0) is 49.4 Å². The van der Waals surface area contributed by atoms with Crippen molar-refractivity contribution < 1.29 is 40.3 Å². The van der Waals surface area contributed by atoms with Crippen LogP contribution in [-0.4, -0.2) is 27.4 Å². The van der Waals surface area contributed by atoms with Crippen LogP contribution in [0.15, 0.2) is 47.3 Å². The molecule has 2 heterocycles. The fraction of sp³-hybridized carbons (Fsp3) is 0.222. The predicted octanol–water partition coefficient (Wildman–Crippen LogP) is 6.12. The predicted molar refractivity (Wildman–Crippen MR) is 138 cm³/mol. The van der Waals surface area contributed by atoms with Crippen LogP contribution in [-0.2, 0) is 19.3 Å². The molecule has 0 fully saturated rings. The molecule has 0 aliphatic carbocycles. The van der Waals surface area contributed by atoms with Crippen LogP contribution in [0.2, 0.25) is 5.02 Å². The van der Waals surface area contributed by atoms with E-state index in [2.05, 4.69) is 10.6 Å². The second kappa shape index (κ2) is 10.5. The molecule has 0 saturated carbocycles. The van der Waals surface area contributed by atoms with Crippen LogP contribution >= 0.6 is 11.6 Å². The number of halogens is 8. The number of carbonyl (C=O) groups is 2. The molecule has 0 saturated heterocycles.